The number of carbonyl (C=O) groups is 2. The average Bonchev–Trinajstić information content (AvgIpc) is 2.12. The number of nitrogens with one attached hydrogen (secondary N) is 1. The molecule has 0 saturated heterocycles. The summed E-state index contributed by atoms with van der Waals surface area (Å²) < 4.78 is 4.46. The van der Waals surface area contributed by atoms with Crippen molar-refractivity contribution in [2.45, 2.75) is 12.4 Å². The number of carboxylic acids is 1. The summed E-state index contributed by atoms with van der Waals surface area (Å²) in [6.07, 6.45) is -0.155. The molecule has 0 spiro atoms. The minimum absolute atomic E-state index is 0.0557. The second-order valence-corrected chi connectivity index (χ2v) is 2.64. The van der Waals surface area contributed by atoms with Crippen LogP contribution in [-0.4, -0.2) is 47.0 Å². The summed E-state index contributed by atoms with van der Waals surface area (Å²) >= 11 is 0. The highest BCUT2D eigenvalue weighted by molar-refractivity contribution is 6.41. The summed E-state index contributed by atoms with van der Waals surface area (Å²) in [4.78, 5) is 21.4. The van der Waals surface area contributed by atoms with Gasteiger partial charge >= 0.3 is 19.2 Å². The second-order valence-electron chi connectivity index (χ2n) is 2.64. The van der Waals surface area contributed by atoms with Gasteiger partial charge in [-0.2, -0.15) is 0 Å². The molecule has 1 unspecified atom stereocenters. The van der Waals surface area contributed by atoms with E-state index in [2.05, 4.69) is 11.3 Å². The van der Waals surface area contributed by atoms with E-state index < -0.39 is 31.5 Å². The van der Waals surface area contributed by atoms with Crippen molar-refractivity contribution in [3.63, 3.8) is 0 Å². The number of alkyl carbamates (subject to hydrolysis) is 1. The molecule has 0 rings (SSSR count). The summed E-state index contributed by atoms with van der Waals surface area (Å²) in [5.74, 6) is -1.38. The molecule has 0 aromatic rings. The van der Waals surface area contributed by atoms with E-state index in [1.165, 1.54) is 6.08 Å². The molecule has 84 valence electrons. The maximum Gasteiger partial charge on any atom is 0.454 e. The molecule has 4 N–H and O–H groups in total. The van der Waals surface area contributed by atoms with Crippen LogP contribution in [0.25, 0.3) is 0 Å². The topological polar surface area (TPSA) is 116 Å². The predicted octanol–water partition coefficient (Wildman–Crippen LogP) is -1.18. The van der Waals surface area contributed by atoms with Gasteiger partial charge in [-0.15, -0.1) is 0 Å². The number of carboxylic acid groups (broad SMARTS) is 1. The van der Waals surface area contributed by atoms with E-state index in [4.69, 9.17) is 15.2 Å². The summed E-state index contributed by atoms with van der Waals surface area (Å²) in [5.41, 5.74) is 0. The lowest BCUT2D eigenvalue weighted by Crippen LogP contribution is -2.43. The van der Waals surface area contributed by atoms with Crippen molar-refractivity contribution >= 4 is 19.2 Å². The molecule has 0 aliphatic carbocycles. The quantitative estimate of drug-likeness (QED) is 0.329. The van der Waals surface area contributed by atoms with E-state index >= 15 is 0 Å². The lowest BCUT2D eigenvalue weighted by Gasteiger charge is -2.13. The molecule has 0 aliphatic heterocycles. The molecule has 7 nitrogen and oxygen atoms in total. The average molecular weight is 217 g/mol. The van der Waals surface area contributed by atoms with Crippen LogP contribution in [-0.2, 0) is 9.53 Å². The third kappa shape index (κ3) is 6.52. The molecule has 1 atom stereocenters. The maximum atomic E-state index is 10.9. The number of amides is 1. The minimum atomic E-state index is -1.81. The summed E-state index contributed by atoms with van der Waals surface area (Å²) in [5, 5.41) is 27.6. The third-order valence-corrected chi connectivity index (χ3v) is 1.37. The molecular formula is C7H12BNO6. The van der Waals surface area contributed by atoms with Crippen LogP contribution in [0.3, 0.4) is 0 Å². The molecule has 0 aliphatic rings. The molecule has 0 bridgehead atoms. The summed E-state index contributed by atoms with van der Waals surface area (Å²) in [6.45, 7) is 3.24. The van der Waals surface area contributed by atoms with Gasteiger partial charge in [-0.3, -0.25) is 4.79 Å². The van der Waals surface area contributed by atoms with Gasteiger partial charge in [0.05, 0.1) is 0 Å². The van der Waals surface area contributed by atoms with Gasteiger partial charge < -0.3 is 25.2 Å². The van der Waals surface area contributed by atoms with Gasteiger partial charge in [0.2, 0.25) is 0 Å². The van der Waals surface area contributed by atoms with Crippen LogP contribution in [0.1, 0.15) is 0 Å². The zero-order valence-electron chi connectivity index (χ0n) is 7.92. The first-order valence-corrected chi connectivity index (χ1v) is 4.10. The first-order valence-electron chi connectivity index (χ1n) is 4.10. The van der Waals surface area contributed by atoms with Crippen molar-refractivity contribution in [2.24, 2.45) is 0 Å². The predicted molar refractivity (Wildman–Crippen MR) is 51.1 cm³/mol. The van der Waals surface area contributed by atoms with Crippen LogP contribution in [0.15, 0.2) is 12.7 Å². The summed E-state index contributed by atoms with van der Waals surface area (Å²) in [7, 11) is -1.81. The molecule has 1 amide bonds. The lowest BCUT2D eigenvalue weighted by atomic mass is 9.82. The maximum absolute atomic E-state index is 10.9. The second kappa shape index (κ2) is 6.85. The van der Waals surface area contributed by atoms with Gasteiger partial charge in [-0.25, -0.2) is 4.79 Å². The Balaban J connectivity index is 4.10. The van der Waals surface area contributed by atoms with Gasteiger partial charge in [0.25, 0.3) is 0 Å². The van der Waals surface area contributed by atoms with E-state index in [1.807, 2.05) is 5.32 Å². The van der Waals surface area contributed by atoms with E-state index in [9.17, 15) is 9.59 Å². The van der Waals surface area contributed by atoms with Crippen molar-refractivity contribution in [3.05, 3.63) is 12.7 Å². The molecule has 0 saturated carbocycles. The third-order valence-electron chi connectivity index (χ3n) is 1.37. The van der Waals surface area contributed by atoms with Crippen molar-refractivity contribution in [3.8, 4) is 0 Å². The number of aliphatic carboxylic acids is 1. The van der Waals surface area contributed by atoms with Crippen LogP contribution in [0.4, 0.5) is 4.79 Å². The Bertz CT molecular complexity index is 244. The summed E-state index contributed by atoms with van der Waals surface area (Å²) in [6, 6.07) is -1.40. The molecule has 8 heteroatoms. The van der Waals surface area contributed by atoms with Gasteiger partial charge in [-0.05, 0) is 0 Å². The van der Waals surface area contributed by atoms with Crippen LogP contribution in [0.5, 0.6) is 0 Å². The number of ether oxygens (including phenoxy) is 1. The largest absolute Gasteiger partial charge is 0.480 e. The standard InChI is InChI=1S/C7H12BNO6/c1-2-3-15-7(12)9-5(6(10)11)4-8(13)14/h2,5,13-14H,1,3-4H2,(H,9,12)(H,10,11). The fourth-order valence-electron chi connectivity index (χ4n) is 0.751. The number of rotatable bonds is 6. The Morgan fingerprint density at radius 2 is 2.13 bits per heavy atom. The Morgan fingerprint density at radius 1 is 1.53 bits per heavy atom. The fourth-order valence-corrected chi connectivity index (χ4v) is 0.751. The van der Waals surface area contributed by atoms with E-state index in [1.54, 1.807) is 0 Å². The van der Waals surface area contributed by atoms with E-state index in [-0.39, 0.29) is 6.61 Å². The zero-order chi connectivity index (χ0) is 11.8. The van der Waals surface area contributed by atoms with Gasteiger partial charge in [0, 0.05) is 6.32 Å². The lowest BCUT2D eigenvalue weighted by molar-refractivity contribution is -0.138. The van der Waals surface area contributed by atoms with Crippen LogP contribution >= 0.6 is 0 Å². The number of hydrogen-bond acceptors (Lipinski definition) is 5. The number of carbonyl (C=O) groups excluding carboxylic acids is 1. The molecular weight excluding hydrogens is 205 g/mol. The first kappa shape index (κ1) is 13.5. The van der Waals surface area contributed by atoms with Crippen LogP contribution in [0, 0.1) is 0 Å². The molecule has 0 aromatic heterocycles. The molecule has 0 aromatic carbocycles. The SMILES string of the molecule is C=CCOC(=O)NC(CB(O)O)C(=O)O. The van der Waals surface area contributed by atoms with Crippen LogP contribution in [0.2, 0.25) is 6.32 Å². The fraction of sp³-hybridized carbons (Fsp3) is 0.429. The van der Waals surface area contributed by atoms with E-state index in [0.717, 1.165) is 0 Å². The molecule has 0 heterocycles. The molecule has 0 radical (unpaired) electrons. The molecule has 0 fully saturated rings. The first-order chi connectivity index (χ1) is 6.97. The van der Waals surface area contributed by atoms with Gasteiger partial charge in [0.1, 0.15) is 12.6 Å². The van der Waals surface area contributed by atoms with E-state index in [0.29, 0.717) is 0 Å². The highest BCUT2D eigenvalue weighted by atomic mass is 16.5. The highest BCUT2D eigenvalue weighted by Gasteiger charge is 2.25. The normalized spacial score (nSPS) is 11.3. The van der Waals surface area contributed by atoms with Crippen LogP contribution < -0.4 is 5.32 Å². The van der Waals surface area contributed by atoms with Crippen molar-refractivity contribution in [1.82, 2.24) is 5.32 Å². The van der Waals surface area contributed by atoms with Crippen molar-refractivity contribution < 1.29 is 29.5 Å². The minimum Gasteiger partial charge on any atom is -0.480 e. The van der Waals surface area contributed by atoms with Gasteiger partial charge in [0.15, 0.2) is 0 Å². The van der Waals surface area contributed by atoms with Gasteiger partial charge in [-0.1, -0.05) is 12.7 Å². The Labute approximate surface area is 86.5 Å². The van der Waals surface area contributed by atoms with Crippen molar-refractivity contribution in [1.29, 1.82) is 0 Å². The smallest absolute Gasteiger partial charge is 0.454 e. The monoisotopic (exact) mass is 217 g/mol. The highest BCUT2D eigenvalue weighted by Crippen LogP contribution is 1.96. The zero-order valence-corrected chi connectivity index (χ0v) is 7.92. The molecule has 15 heavy (non-hydrogen) atoms. The Morgan fingerprint density at radius 3 is 2.53 bits per heavy atom. The Hall–Kier alpha value is -1.54. The van der Waals surface area contributed by atoms with Crippen molar-refractivity contribution in [2.75, 3.05) is 6.61 Å². The Kier molecular flexibility index (Phi) is 6.15. The number of hydrogen-bond donors (Lipinski definition) is 4.